The lowest BCUT2D eigenvalue weighted by molar-refractivity contribution is -0.116. The molecule has 6 heteroatoms. The van der Waals surface area contributed by atoms with E-state index in [4.69, 9.17) is 21.8 Å². The molecule has 0 atom stereocenters. The summed E-state index contributed by atoms with van der Waals surface area (Å²) < 4.78 is 0. The summed E-state index contributed by atoms with van der Waals surface area (Å²) in [4.78, 5) is 22.3. The van der Waals surface area contributed by atoms with Gasteiger partial charge in [-0.2, -0.15) is 0 Å². The largest absolute Gasteiger partial charge is 0.504 e. The minimum atomic E-state index is -0.838. The van der Waals surface area contributed by atoms with Crippen LogP contribution in [0, 0.1) is 0 Å². The van der Waals surface area contributed by atoms with Gasteiger partial charge in [0.05, 0.1) is 5.02 Å². The molecule has 1 rings (SSSR count). The van der Waals surface area contributed by atoms with E-state index in [1.807, 2.05) is 0 Å². The molecule has 1 aromatic carbocycles. The highest BCUT2D eigenvalue weighted by Crippen LogP contribution is 2.34. The summed E-state index contributed by atoms with van der Waals surface area (Å²) in [5, 5.41) is 20.2. The molecule has 1 amide bonds. The number of amides is 1. The first-order chi connectivity index (χ1) is 6.97. The van der Waals surface area contributed by atoms with E-state index in [1.165, 1.54) is 7.05 Å². The number of hydrogen-bond donors (Lipinski definition) is 3. The summed E-state index contributed by atoms with van der Waals surface area (Å²) in [5.41, 5.74) is -0.0883. The van der Waals surface area contributed by atoms with E-state index in [0.717, 1.165) is 12.1 Å². The molecule has 0 aromatic heterocycles. The molecule has 0 bridgehead atoms. The van der Waals surface area contributed by atoms with Crippen molar-refractivity contribution in [1.82, 2.24) is 5.32 Å². The van der Waals surface area contributed by atoms with Crippen LogP contribution in [-0.4, -0.2) is 29.0 Å². The van der Waals surface area contributed by atoms with Crippen molar-refractivity contribution in [2.75, 3.05) is 7.05 Å². The van der Waals surface area contributed by atoms with Gasteiger partial charge in [-0.15, -0.1) is 0 Å². The van der Waals surface area contributed by atoms with Crippen LogP contribution in [0.25, 0.3) is 0 Å². The summed E-state index contributed by atoms with van der Waals surface area (Å²) in [6, 6.07) is 2.08. The van der Waals surface area contributed by atoms with Gasteiger partial charge in [0.1, 0.15) is 0 Å². The summed E-state index contributed by atoms with van der Waals surface area (Å²) in [6.45, 7) is 0. The van der Waals surface area contributed by atoms with E-state index in [1.54, 1.807) is 0 Å². The second kappa shape index (κ2) is 4.18. The summed E-state index contributed by atoms with van der Waals surface area (Å²) in [5.74, 6) is -2.73. The van der Waals surface area contributed by atoms with E-state index in [2.05, 4.69) is 5.32 Å². The number of aromatic hydroxyl groups is 2. The standard InChI is InChI=1S/C9H8ClNO4/c1-11-9(15)7(13)4-2-5(10)8(14)6(12)3-4/h2-3,12,14H,1H3,(H,11,15). The van der Waals surface area contributed by atoms with E-state index < -0.39 is 23.2 Å². The first-order valence-electron chi connectivity index (χ1n) is 3.95. The number of benzene rings is 1. The highest BCUT2D eigenvalue weighted by molar-refractivity contribution is 6.43. The lowest BCUT2D eigenvalue weighted by atomic mass is 10.1. The van der Waals surface area contributed by atoms with Gasteiger partial charge in [0.2, 0.25) is 5.78 Å². The zero-order valence-corrected chi connectivity index (χ0v) is 8.50. The maximum absolute atomic E-state index is 11.3. The minimum absolute atomic E-state index is 0.0883. The summed E-state index contributed by atoms with van der Waals surface area (Å²) >= 11 is 5.52. The number of Topliss-reactive ketones (excluding diaryl/α,β-unsaturated/α-hetero) is 1. The number of halogens is 1. The maximum Gasteiger partial charge on any atom is 0.292 e. The van der Waals surface area contributed by atoms with Crippen molar-refractivity contribution in [2.45, 2.75) is 0 Å². The monoisotopic (exact) mass is 229 g/mol. The first kappa shape index (κ1) is 11.3. The molecule has 3 N–H and O–H groups in total. The van der Waals surface area contributed by atoms with Crippen LogP contribution in [0.15, 0.2) is 12.1 Å². The van der Waals surface area contributed by atoms with Gasteiger partial charge >= 0.3 is 0 Å². The van der Waals surface area contributed by atoms with Gasteiger partial charge in [-0.3, -0.25) is 9.59 Å². The van der Waals surface area contributed by atoms with Gasteiger partial charge in [-0.05, 0) is 12.1 Å². The van der Waals surface area contributed by atoms with Crippen LogP contribution >= 0.6 is 11.6 Å². The first-order valence-corrected chi connectivity index (χ1v) is 4.33. The van der Waals surface area contributed by atoms with Gasteiger partial charge in [-0.1, -0.05) is 11.6 Å². The molecule has 0 spiro atoms. The number of likely N-dealkylation sites (N-methyl/N-ethyl adjacent to an activating group) is 1. The Labute approximate surface area is 90.3 Å². The predicted octanol–water partition coefficient (Wildman–Crippen LogP) is 0.680. The third-order valence-electron chi connectivity index (χ3n) is 1.74. The molecule has 0 heterocycles. The third kappa shape index (κ3) is 2.19. The zero-order valence-electron chi connectivity index (χ0n) is 7.74. The fourth-order valence-corrected chi connectivity index (χ4v) is 1.17. The van der Waals surface area contributed by atoms with Crippen LogP contribution in [0.5, 0.6) is 11.5 Å². The Bertz CT molecular complexity index is 407. The van der Waals surface area contributed by atoms with Crippen molar-refractivity contribution in [3.8, 4) is 11.5 Å². The van der Waals surface area contributed by atoms with Crippen molar-refractivity contribution < 1.29 is 19.8 Å². The maximum atomic E-state index is 11.3. The van der Waals surface area contributed by atoms with Crippen molar-refractivity contribution >= 4 is 23.3 Å². The third-order valence-corrected chi connectivity index (χ3v) is 2.03. The van der Waals surface area contributed by atoms with Gasteiger partial charge < -0.3 is 15.5 Å². The fourth-order valence-electron chi connectivity index (χ4n) is 0.960. The molecule has 0 fully saturated rings. The molecule has 15 heavy (non-hydrogen) atoms. The number of rotatable bonds is 2. The second-order valence-electron chi connectivity index (χ2n) is 2.73. The molecular formula is C9H8ClNO4. The molecule has 0 aliphatic carbocycles. The average Bonchev–Trinajstić information content (AvgIpc) is 2.23. The topological polar surface area (TPSA) is 86.6 Å². The van der Waals surface area contributed by atoms with Gasteiger partial charge in [0, 0.05) is 12.6 Å². The van der Waals surface area contributed by atoms with Crippen LogP contribution in [0.3, 0.4) is 0 Å². The molecule has 0 aliphatic heterocycles. The van der Waals surface area contributed by atoms with Crippen molar-refractivity contribution in [2.24, 2.45) is 0 Å². The Morgan fingerprint density at radius 1 is 1.33 bits per heavy atom. The number of carbonyl (C=O) groups is 2. The van der Waals surface area contributed by atoms with Crippen LogP contribution in [0.1, 0.15) is 10.4 Å². The molecule has 0 aliphatic rings. The Morgan fingerprint density at radius 3 is 2.40 bits per heavy atom. The van der Waals surface area contributed by atoms with Gasteiger partial charge in [0.25, 0.3) is 5.91 Å². The van der Waals surface area contributed by atoms with E-state index in [-0.39, 0.29) is 10.6 Å². The number of phenolic OH excluding ortho intramolecular Hbond substituents is 2. The summed E-state index contributed by atoms with van der Waals surface area (Å²) in [6.07, 6.45) is 0. The quantitative estimate of drug-likeness (QED) is 0.395. The predicted molar refractivity (Wildman–Crippen MR) is 53.2 cm³/mol. The molecule has 80 valence electrons. The Hall–Kier alpha value is -1.75. The Kier molecular flexibility index (Phi) is 3.16. The number of phenols is 2. The van der Waals surface area contributed by atoms with Crippen LogP contribution in [-0.2, 0) is 4.79 Å². The average molecular weight is 230 g/mol. The molecule has 0 saturated heterocycles. The van der Waals surface area contributed by atoms with Crippen LogP contribution < -0.4 is 5.32 Å². The molecule has 0 saturated carbocycles. The molecule has 0 unspecified atom stereocenters. The van der Waals surface area contributed by atoms with Crippen LogP contribution in [0.4, 0.5) is 0 Å². The van der Waals surface area contributed by atoms with Crippen molar-refractivity contribution in [1.29, 1.82) is 0 Å². The number of hydrogen-bond acceptors (Lipinski definition) is 4. The van der Waals surface area contributed by atoms with Crippen molar-refractivity contribution in [3.05, 3.63) is 22.7 Å². The fraction of sp³-hybridized carbons (Fsp3) is 0.111. The van der Waals surface area contributed by atoms with Gasteiger partial charge in [-0.25, -0.2) is 0 Å². The van der Waals surface area contributed by atoms with Gasteiger partial charge in [0.15, 0.2) is 11.5 Å². The van der Waals surface area contributed by atoms with E-state index in [9.17, 15) is 9.59 Å². The SMILES string of the molecule is CNC(=O)C(=O)c1cc(O)c(O)c(Cl)c1. The number of nitrogens with one attached hydrogen (secondary N) is 1. The lowest BCUT2D eigenvalue weighted by Gasteiger charge is -2.03. The van der Waals surface area contributed by atoms with Crippen LogP contribution in [0.2, 0.25) is 5.02 Å². The van der Waals surface area contributed by atoms with E-state index in [0.29, 0.717) is 0 Å². The van der Waals surface area contributed by atoms with Crippen molar-refractivity contribution in [3.63, 3.8) is 0 Å². The second-order valence-corrected chi connectivity index (χ2v) is 3.14. The highest BCUT2D eigenvalue weighted by atomic mass is 35.5. The summed E-state index contributed by atoms with van der Waals surface area (Å²) in [7, 11) is 1.31. The number of ketones is 1. The molecular weight excluding hydrogens is 222 g/mol. The smallest absolute Gasteiger partial charge is 0.292 e. The molecule has 5 nitrogen and oxygen atoms in total. The Morgan fingerprint density at radius 2 is 1.93 bits per heavy atom. The normalized spacial score (nSPS) is 9.73. The van der Waals surface area contributed by atoms with E-state index >= 15 is 0 Å². The molecule has 1 aromatic rings. The zero-order chi connectivity index (χ0) is 11.6. The molecule has 0 radical (unpaired) electrons. The highest BCUT2D eigenvalue weighted by Gasteiger charge is 2.18. The number of carbonyl (C=O) groups excluding carboxylic acids is 2. The Balaban J connectivity index is 3.17. The minimum Gasteiger partial charge on any atom is -0.504 e. The lowest BCUT2D eigenvalue weighted by Crippen LogP contribution is -2.27.